The molecular weight excluding hydrogens is 412 g/mol. The number of aliphatic hydroxyl groups excluding tert-OH is 1. The fourth-order valence-electron chi connectivity index (χ4n) is 3.89. The van der Waals surface area contributed by atoms with Crippen LogP contribution in [0.2, 0.25) is 0 Å². The second kappa shape index (κ2) is 8.00. The van der Waals surface area contributed by atoms with E-state index in [1.54, 1.807) is 38.3 Å². The maximum Gasteiger partial charge on any atom is 0.294 e. The summed E-state index contributed by atoms with van der Waals surface area (Å²) in [6.45, 7) is 5.47. The van der Waals surface area contributed by atoms with E-state index in [0.717, 1.165) is 10.6 Å². The van der Waals surface area contributed by atoms with Gasteiger partial charge in [0.15, 0.2) is 5.76 Å². The maximum absolute atomic E-state index is 13.6. The van der Waals surface area contributed by atoms with Gasteiger partial charge >= 0.3 is 0 Å². The van der Waals surface area contributed by atoms with Crippen molar-refractivity contribution in [3.63, 3.8) is 0 Å². The first-order valence-corrected chi connectivity index (χ1v) is 10.6. The van der Waals surface area contributed by atoms with Crippen molar-refractivity contribution in [2.75, 3.05) is 12.0 Å². The first kappa shape index (κ1) is 20.8. The number of ether oxygens (including phenoxy) is 1. The minimum absolute atomic E-state index is 0.0603. The Labute approximate surface area is 184 Å². The van der Waals surface area contributed by atoms with Gasteiger partial charge in [0.1, 0.15) is 5.75 Å². The van der Waals surface area contributed by atoms with Crippen LogP contribution in [0.25, 0.3) is 0 Å². The molecule has 1 aliphatic rings. The van der Waals surface area contributed by atoms with Crippen LogP contribution < -0.4 is 9.64 Å². The molecule has 1 atom stereocenters. The van der Waals surface area contributed by atoms with E-state index in [-0.39, 0.29) is 11.4 Å². The lowest BCUT2D eigenvalue weighted by Crippen LogP contribution is -2.31. The molecule has 31 heavy (non-hydrogen) atoms. The van der Waals surface area contributed by atoms with Crippen molar-refractivity contribution in [3.8, 4) is 5.75 Å². The quantitative estimate of drug-likeness (QED) is 0.580. The van der Waals surface area contributed by atoms with Crippen molar-refractivity contribution in [2.45, 2.75) is 26.8 Å². The van der Waals surface area contributed by atoms with Gasteiger partial charge < -0.3 is 9.84 Å². The van der Waals surface area contributed by atoms with Gasteiger partial charge in [0.2, 0.25) is 5.78 Å². The Hall–Kier alpha value is -3.45. The zero-order chi connectivity index (χ0) is 22.3. The van der Waals surface area contributed by atoms with Crippen LogP contribution >= 0.6 is 11.3 Å². The molecule has 6 nitrogen and oxygen atoms in total. The minimum Gasteiger partial charge on any atom is -0.503 e. The van der Waals surface area contributed by atoms with Crippen molar-refractivity contribution < 1.29 is 19.4 Å². The van der Waals surface area contributed by atoms with E-state index < -0.39 is 17.7 Å². The van der Waals surface area contributed by atoms with Crippen molar-refractivity contribution in [3.05, 3.63) is 86.6 Å². The van der Waals surface area contributed by atoms with Gasteiger partial charge in [-0.15, -0.1) is 11.3 Å². The van der Waals surface area contributed by atoms with Gasteiger partial charge in [-0.25, -0.2) is 4.98 Å². The lowest BCUT2D eigenvalue weighted by molar-refractivity contribution is -0.117. The standard InChI is InChI=1S/C24H22N2O4S/c1-13-7-5-6-8-18(13)26-20(16-9-11-17(30-4)12-10-16)19(22(28)24(26)29)21(27)23-14(2)25-15(3)31-23/h5-12,20,28H,1-4H3. The third-order valence-corrected chi connectivity index (χ3v) is 6.44. The number of aryl methyl sites for hydroxylation is 3. The molecule has 0 radical (unpaired) electrons. The highest BCUT2D eigenvalue weighted by molar-refractivity contribution is 7.14. The van der Waals surface area contributed by atoms with Crippen LogP contribution in [0.3, 0.4) is 0 Å². The number of carbonyl (C=O) groups excluding carboxylic acids is 2. The second-order valence-electron chi connectivity index (χ2n) is 7.38. The molecule has 0 saturated heterocycles. The van der Waals surface area contributed by atoms with Crippen LogP contribution in [0.15, 0.2) is 59.9 Å². The normalized spacial score (nSPS) is 16.2. The lowest BCUT2D eigenvalue weighted by atomic mass is 9.94. The summed E-state index contributed by atoms with van der Waals surface area (Å²) in [5.41, 5.74) is 2.84. The number of aliphatic hydroxyl groups is 1. The number of amides is 1. The smallest absolute Gasteiger partial charge is 0.294 e. The number of rotatable bonds is 5. The fourth-order valence-corrected chi connectivity index (χ4v) is 4.76. The Kier molecular flexibility index (Phi) is 5.37. The van der Waals surface area contributed by atoms with Crippen LogP contribution in [-0.4, -0.2) is 28.9 Å². The number of Topliss-reactive ketones (excluding diaryl/α,β-unsaturated/α-hetero) is 1. The molecule has 1 unspecified atom stereocenters. The zero-order valence-corrected chi connectivity index (χ0v) is 18.5. The highest BCUT2D eigenvalue weighted by atomic mass is 32.1. The van der Waals surface area contributed by atoms with Crippen LogP contribution in [0.4, 0.5) is 5.69 Å². The van der Waals surface area contributed by atoms with E-state index in [0.29, 0.717) is 27.6 Å². The molecule has 2 aromatic carbocycles. The zero-order valence-electron chi connectivity index (χ0n) is 17.7. The molecule has 158 valence electrons. The predicted molar refractivity (Wildman–Crippen MR) is 120 cm³/mol. The summed E-state index contributed by atoms with van der Waals surface area (Å²) in [5, 5.41) is 11.6. The molecule has 3 aromatic rings. The van der Waals surface area contributed by atoms with Crippen LogP contribution in [0, 0.1) is 20.8 Å². The number of nitrogens with zero attached hydrogens (tertiary/aromatic N) is 2. The number of ketones is 1. The number of hydrogen-bond donors (Lipinski definition) is 1. The van der Waals surface area contributed by atoms with E-state index in [2.05, 4.69) is 4.98 Å². The van der Waals surface area contributed by atoms with E-state index in [9.17, 15) is 14.7 Å². The van der Waals surface area contributed by atoms with Gasteiger partial charge in [-0.3, -0.25) is 14.5 Å². The number of para-hydroxylation sites is 1. The summed E-state index contributed by atoms with van der Waals surface area (Å²) in [5.74, 6) is -0.853. The molecule has 1 amide bonds. The molecule has 0 fully saturated rings. The number of aromatic nitrogens is 1. The molecule has 0 aliphatic carbocycles. The number of benzene rings is 2. The number of thiazole rings is 1. The molecule has 1 N–H and O–H groups in total. The van der Waals surface area contributed by atoms with Gasteiger partial charge in [-0.05, 0) is 50.1 Å². The summed E-state index contributed by atoms with van der Waals surface area (Å²) < 4.78 is 5.25. The van der Waals surface area contributed by atoms with Gasteiger partial charge in [-0.2, -0.15) is 0 Å². The van der Waals surface area contributed by atoms with Gasteiger partial charge in [-0.1, -0.05) is 30.3 Å². The first-order chi connectivity index (χ1) is 14.8. The summed E-state index contributed by atoms with van der Waals surface area (Å²) in [4.78, 5) is 33.0. The molecule has 4 rings (SSSR count). The summed E-state index contributed by atoms with van der Waals surface area (Å²) in [6, 6.07) is 13.8. The van der Waals surface area contributed by atoms with Crippen molar-refractivity contribution in [1.82, 2.24) is 4.98 Å². The fraction of sp³-hybridized carbons (Fsp3) is 0.208. The third-order valence-electron chi connectivity index (χ3n) is 5.37. The number of methoxy groups -OCH3 is 1. The molecule has 7 heteroatoms. The van der Waals surface area contributed by atoms with E-state index in [4.69, 9.17) is 4.74 Å². The topological polar surface area (TPSA) is 79.7 Å². The predicted octanol–water partition coefficient (Wildman–Crippen LogP) is 4.86. The van der Waals surface area contributed by atoms with E-state index >= 15 is 0 Å². The van der Waals surface area contributed by atoms with Crippen molar-refractivity contribution in [1.29, 1.82) is 0 Å². The van der Waals surface area contributed by atoms with Crippen LogP contribution in [-0.2, 0) is 4.79 Å². The Morgan fingerprint density at radius 3 is 2.35 bits per heavy atom. The van der Waals surface area contributed by atoms with Gasteiger partial charge in [0.05, 0.1) is 34.3 Å². The molecule has 1 aliphatic heterocycles. The third kappa shape index (κ3) is 3.51. The average Bonchev–Trinajstić information content (AvgIpc) is 3.24. The number of carbonyl (C=O) groups is 2. The second-order valence-corrected chi connectivity index (χ2v) is 8.58. The van der Waals surface area contributed by atoms with Gasteiger partial charge in [0.25, 0.3) is 5.91 Å². The Morgan fingerprint density at radius 1 is 1.10 bits per heavy atom. The Morgan fingerprint density at radius 2 is 1.77 bits per heavy atom. The molecule has 0 bridgehead atoms. The molecule has 0 spiro atoms. The summed E-state index contributed by atoms with van der Waals surface area (Å²) >= 11 is 1.26. The molecule has 2 heterocycles. The summed E-state index contributed by atoms with van der Waals surface area (Å²) in [7, 11) is 1.57. The number of anilines is 1. The maximum atomic E-state index is 13.6. The van der Waals surface area contributed by atoms with Crippen LogP contribution in [0.1, 0.15) is 37.5 Å². The van der Waals surface area contributed by atoms with Gasteiger partial charge in [0, 0.05) is 5.69 Å². The highest BCUT2D eigenvalue weighted by Gasteiger charge is 2.45. The monoisotopic (exact) mass is 434 g/mol. The van der Waals surface area contributed by atoms with Crippen molar-refractivity contribution in [2.24, 2.45) is 0 Å². The van der Waals surface area contributed by atoms with E-state index in [1.165, 1.54) is 16.2 Å². The van der Waals surface area contributed by atoms with Crippen LogP contribution in [0.5, 0.6) is 5.75 Å². The lowest BCUT2D eigenvalue weighted by Gasteiger charge is -2.28. The summed E-state index contributed by atoms with van der Waals surface area (Å²) in [6.07, 6.45) is 0. The largest absolute Gasteiger partial charge is 0.503 e. The SMILES string of the molecule is COc1ccc(C2C(C(=O)c3sc(C)nc3C)=C(O)C(=O)N2c2ccccc2C)cc1. The van der Waals surface area contributed by atoms with E-state index in [1.807, 2.05) is 38.1 Å². The first-order valence-electron chi connectivity index (χ1n) is 9.78. The highest BCUT2D eigenvalue weighted by Crippen LogP contribution is 2.43. The Bertz CT molecular complexity index is 1210. The average molecular weight is 435 g/mol. The Balaban J connectivity index is 1.90. The molecule has 0 saturated carbocycles. The molecule has 1 aromatic heterocycles. The molecular formula is C24H22N2O4S. The van der Waals surface area contributed by atoms with Crippen molar-refractivity contribution >= 4 is 28.7 Å². The minimum atomic E-state index is -0.770. The number of hydrogen-bond acceptors (Lipinski definition) is 6.